The van der Waals surface area contributed by atoms with Gasteiger partial charge in [0.2, 0.25) is 0 Å². The Hall–Kier alpha value is -0.470. The summed E-state index contributed by atoms with van der Waals surface area (Å²) in [6, 6.07) is 17.3. The first-order chi connectivity index (χ1) is 13.2. The van der Waals surface area contributed by atoms with Gasteiger partial charge in [-0.2, -0.15) is 6.07 Å². The van der Waals surface area contributed by atoms with Gasteiger partial charge >= 0.3 is 37.9 Å². The molecule has 3 aromatic carbocycles. The van der Waals surface area contributed by atoms with E-state index in [1.807, 2.05) is 0 Å². The molecule has 0 atom stereocenters. The van der Waals surface area contributed by atoms with Crippen LogP contribution in [0.25, 0.3) is 21.9 Å². The van der Waals surface area contributed by atoms with Gasteiger partial charge in [0.1, 0.15) is 5.75 Å². The Kier molecular flexibility index (Phi) is 11.2. The number of benzene rings is 2. The molecule has 5 heteroatoms. The third-order valence-electron chi connectivity index (χ3n) is 4.18. The molecule has 3 rings (SSSR count). The SMILES string of the molecule is COc1c(C(C)(C)C)cc2[cH-]c(C)cc2c1-c1ccccc1.C[SiH]C.[Cl][Zr][Cl]. The molecule has 0 N–H and O–H groups in total. The number of aryl methyl sites for hydroxylation is 1. The molecular formula is C23H30Cl2OSiZr-. The molecule has 1 nitrogen and oxygen atoms in total. The van der Waals surface area contributed by atoms with Crippen LogP contribution in [0.4, 0.5) is 0 Å². The van der Waals surface area contributed by atoms with E-state index in [0.717, 1.165) is 15.3 Å². The number of hydrogen-bond acceptors (Lipinski definition) is 1. The van der Waals surface area contributed by atoms with E-state index in [2.05, 4.69) is 89.3 Å². The van der Waals surface area contributed by atoms with Gasteiger partial charge in [-0.05, 0) is 22.1 Å². The summed E-state index contributed by atoms with van der Waals surface area (Å²) in [4.78, 5) is 0. The van der Waals surface area contributed by atoms with Crippen LogP contribution < -0.4 is 4.74 Å². The summed E-state index contributed by atoms with van der Waals surface area (Å²) >= 11 is -0.826. The van der Waals surface area contributed by atoms with Gasteiger partial charge in [0, 0.05) is 9.52 Å². The monoisotopic (exact) mass is 510 g/mol. The molecule has 151 valence electrons. The van der Waals surface area contributed by atoms with Crippen molar-refractivity contribution < 1.29 is 25.6 Å². The number of fused-ring (bicyclic) bond motifs is 1. The molecule has 0 saturated heterocycles. The molecule has 0 aromatic heterocycles. The molecule has 1 radical (unpaired) electrons. The molecule has 0 aliphatic rings. The van der Waals surface area contributed by atoms with Gasteiger partial charge in [-0.15, -0.1) is 28.5 Å². The number of rotatable bonds is 2. The van der Waals surface area contributed by atoms with E-state index in [4.69, 9.17) is 21.8 Å². The summed E-state index contributed by atoms with van der Waals surface area (Å²) in [5, 5.41) is 2.57. The minimum absolute atomic E-state index is 0.0360. The molecule has 0 spiro atoms. The summed E-state index contributed by atoms with van der Waals surface area (Å²) in [6.07, 6.45) is 0. The topological polar surface area (TPSA) is 9.23 Å². The normalized spacial score (nSPS) is 10.5. The van der Waals surface area contributed by atoms with Crippen LogP contribution in [0.3, 0.4) is 0 Å². The molecule has 0 heterocycles. The Morgan fingerprint density at radius 2 is 1.57 bits per heavy atom. The first-order valence-corrected chi connectivity index (χ1v) is 17.9. The molecule has 0 fully saturated rings. The zero-order chi connectivity index (χ0) is 21.3. The number of methoxy groups -OCH3 is 1. The Bertz CT molecular complexity index is 852. The number of ether oxygens (including phenoxy) is 1. The second kappa shape index (κ2) is 12.3. The van der Waals surface area contributed by atoms with Crippen LogP contribution in [0.15, 0.2) is 48.5 Å². The molecule has 0 saturated carbocycles. The van der Waals surface area contributed by atoms with Crippen molar-refractivity contribution in [3.63, 3.8) is 0 Å². The van der Waals surface area contributed by atoms with Crippen molar-refractivity contribution in [3.8, 4) is 16.9 Å². The van der Waals surface area contributed by atoms with E-state index in [1.165, 1.54) is 33.0 Å². The average molecular weight is 513 g/mol. The third kappa shape index (κ3) is 6.80. The number of hydrogen-bond donors (Lipinski definition) is 0. The van der Waals surface area contributed by atoms with E-state index in [1.54, 1.807) is 7.11 Å². The van der Waals surface area contributed by atoms with Crippen LogP contribution in [-0.4, -0.2) is 16.6 Å². The molecule has 28 heavy (non-hydrogen) atoms. The van der Waals surface area contributed by atoms with Gasteiger partial charge in [0.15, 0.2) is 0 Å². The molecule has 0 bridgehead atoms. The number of halogens is 2. The van der Waals surface area contributed by atoms with Crippen molar-refractivity contribution in [1.82, 2.24) is 0 Å². The Balaban J connectivity index is 0.000000582. The summed E-state index contributed by atoms with van der Waals surface area (Å²) < 4.78 is 5.87. The van der Waals surface area contributed by atoms with Crippen molar-refractivity contribution in [1.29, 1.82) is 0 Å². The van der Waals surface area contributed by atoms with E-state index in [0.29, 0.717) is 0 Å². The molecule has 3 aromatic rings. The van der Waals surface area contributed by atoms with Crippen LogP contribution in [0.2, 0.25) is 13.1 Å². The van der Waals surface area contributed by atoms with Crippen LogP contribution in [0.1, 0.15) is 31.9 Å². The summed E-state index contributed by atoms with van der Waals surface area (Å²) in [6.45, 7) is 13.3. The van der Waals surface area contributed by atoms with Crippen LogP contribution in [0, 0.1) is 6.92 Å². The van der Waals surface area contributed by atoms with E-state index in [9.17, 15) is 0 Å². The zero-order valence-electron chi connectivity index (χ0n) is 17.9. The second-order valence-electron chi connectivity index (χ2n) is 7.63. The van der Waals surface area contributed by atoms with Crippen molar-refractivity contribution in [2.24, 2.45) is 0 Å². The van der Waals surface area contributed by atoms with E-state index in [-0.39, 0.29) is 5.41 Å². The van der Waals surface area contributed by atoms with Crippen molar-refractivity contribution in [2.45, 2.75) is 46.2 Å². The summed E-state index contributed by atoms with van der Waals surface area (Å²) in [5.74, 6) is 0.997. The van der Waals surface area contributed by atoms with Crippen LogP contribution in [-0.2, 0) is 26.3 Å². The minimum atomic E-state index is -0.826. The third-order valence-corrected chi connectivity index (χ3v) is 4.18. The van der Waals surface area contributed by atoms with Gasteiger partial charge in [-0.3, -0.25) is 0 Å². The van der Waals surface area contributed by atoms with Gasteiger partial charge in [-0.1, -0.05) is 71.1 Å². The average Bonchev–Trinajstić information content (AvgIpc) is 3.01. The van der Waals surface area contributed by atoms with E-state index >= 15 is 0 Å². The molecule has 0 unspecified atom stereocenters. The molecule has 0 aliphatic carbocycles. The van der Waals surface area contributed by atoms with E-state index < -0.39 is 20.8 Å². The standard InChI is InChI=1S/C21H23O.C2H7Si.2ClH.Zr/c1-14-11-16-13-18(21(2,3)4)20(22-5)19(17(16)12-14)15-9-7-6-8-10-15;1-3-2;;;/h6-13H,1-5H3;3H,1-2H3;2*1H;/q-1;;;;+2/p-2. The first-order valence-electron chi connectivity index (χ1n) is 9.29. The maximum atomic E-state index is 5.87. The van der Waals surface area contributed by atoms with Gasteiger partial charge in [0.05, 0.1) is 7.11 Å². The maximum absolute atomic E-state index is 5.87. The Labute approximate surface area is 191 Å². The van der Waals surface area contributed by atoms with Gasteiger partial charge in [0.25, 0.3) is 0 Å². The predicted molar refractivity (Wildman–Crippen MR) is 126 cm³/mol. The van der Waals surface area contributed by atoms with Crippen LogP contribution >= 0.6 is 17.0 Å². The van der Waals surface area contributed by atoms with Crippen molar-refractivity contribution >= 4 is 37.3 Å². The fourth-order valence-electron chi connectivity index (χ4n) is 3.15. The summed E-state index contributed by atoms with van der Waals surface area (Å²) in [5.41, 5.74) is 5.00. The second-order valence-corrected chi connectivity index (χ2v) is 12.5. The molecule has 0 amide bonds. The fraction of sp³-hybridized carbons (Fsp3) is 0.348. The fourth-order valence-corrected chi connectivity index (χ4v) is 3.15. The molecular weight excluding hydrogens is 482 g/mol. The Morgan fingerprint density at radius 3 is 2.04 bits per heavy atom. The van der Waals surface area contributed by atoms with Crippen LogP contribution in [0.5, 0.6) is 5.75 Å². The van der Waals surface area contributed by atoms with Gasteiger partial charge in [-0.25, -0.2) is 0 Å². The zero-order valence-corrected chi connectivity index (χ0v) is 23.0. The van der Waals surface area contributed by atoms with Crippen molar-refractivity contribution in [3.05, 3.63) is 59.7 Å². The van der Waals surface area contributed by atoms with Gasteiger partial charge < -0.3 is 4.74 Å². The van der Waals surface area contributed by atoms with Crippen molar-refractivity contribution in [2.75, 3.05) is 7.11 Å². The quantitative estimate of drug-likeness (QED) is 0.252. The predicted octanol–water partition coefficient (Wildman–Crippen LogP) is 7.74. The molecule has 0 aliphatic heterocycles. The summed E-state index contributed by atoms with van der Waals surface area (Å²) in [7, 11) is 12.4. The first kappa shape index (κ1) is 25.6. The Morgan fingerprint density at radius 1 is 1.04 bits per heavy atom.